The zero-order valence-electron chi connectivity index (χ0n) is 13.9. The number of benzene rings is 1. The van der Waals surface area contributed by atoms with Gasteiger partial charge in [-0.05, 0) is 40.7 Å². The number of carbonyl (C=O) groups excluding carboxylic acids is 1. The topological polar surface area (TPSA) is 37.3 Å². The Morgan fingerprint density at radius 1 is 1.05 bits per heavy atom. The minimum Gasteiger partial charge on any atom is -0.507 e. The first-order chi connectivity index (χ1) is 9.46. The van der Waals surface area contributed by atoms with Gasteiger partial charge in [0.15, 0.2) is 5.78 Å². The molecule has 0 bridgehead atoms. The van der Waals surface area contributed by atoms with Crippen molar-refractivity contribution in [3.8, 4) is 5.75 Å². The number of allylic oxidation sites excluding steroid dienone is 2. The van der Waals surface area contributed by atoms with Crippen molar-refractivity contribution in [3.05, 3.63) is 47.6 Å². The van der Waals surface area contributed by atoms with Crippen molar-refractivity contribution in [1.29, 1.82) is 0 Å². The van der Waals surface area contributed by atoms with Crippen molar-refractivity contribution in [2.45, 2.75) is 52.4 Å². The maximum absolute atomic E-state index is 11.4. The standard InChI is InChI=1S/C19H26O2/c1-8-14(20)10-9-13-11-15(18(2,3)4)17(21)16(12-13)19(5,6)7/h8-12,21H,1H2,2-7H3. The largest absolute Gasteiger partial charge is 0.507 e. The Morgan fingerprint density at radius 3 is 1.81 bits per heavy atom. The summed E-state index contributed by atoms with van der Waals surface area (Å²) in [6.45, 7) is 15.9. The van der Waals surface area contributed by atoms with E-state index in [-0.39, 0.29) is 16.6 Å². The molecule has 1 N–H and O–H groups in total. The van der Waals surface area contributed by atoms with E-state index in [1.807, 2.05) is 12.1 Å². The van der Waals surface area contributed by atoms with Crippen LogP contribution in [0.3, 0.4) is 0 Å². The third-order valence-electron chi connectivity index (χ3n) is 3.39. The fraction of sp³-hybridized carbons (Fsp3) is 0.421. The number of carbonyl (C=O) groups is 1. The number of hydrogen-bond donors (Lipinski definition) is 1. The van der Waals surface area contributed by atoms with E-state index >= 15 is 0 Å². The average molecular weight is 286 g/mol. The maximum atomic E-state index is 11.4. The van der Waals surface area contributed by atoms with Gasteiger partial charge in [0.25, 0.3) is 0 Å². The van der Waals surface area contributed by atoms with Gasteiger partial charge in [-0.2, -0.15) is 0 Å². The van der Waals surface area contributed by atoms with Crippen LogP contribution in [0, 0.1) is 0 Å². The highest BCUT2D eigenvalue weighted by Gasteiger charge is 2.26. The van der Waals surface area contributed by atoms with E-state index in [1.165, 1.54) is 12.2 Å². The summed E-state index contributed by atoms with van der Waals surface area (Å²) in [7, 11) is 0. The zero-order chi connectivity index (χ0) is 16.4. The Morgan fingerprint density at radius 2 is 1.48 bits per heavy atom. The number of phenols is 1. The molecule has 0 aliphatic heterocycles. The summed E-state index contributed by atoms with van der Waals surface area (Å²) in [5, 5.41) is 10.6. The van der Waals surface area contributed by atoms with Crippen LogP contribution in [0.5, 0.6) is 5.75 Å². The van der Waals surface area contributed by atoms with E-state index in [9.17, 15) is 9.90 Å². The number of hydrogen-bond acceptors (Lipinski definition) is 2. The average Bonchev–Trinajstić information content (AvgIpc) is 2.34. The first-order valence-corrected chi connectivity index (χ1v) is 7.19. The summed E-state index contributed by atoms with van der Waals surface area (Å²) in [6.07, 6.45) is 4.55. The minimum atomic E-state index is -0.170. The van der Waals surface area contributed by atoms with Gasteiger partial charge in [0.1, 0.15) is 5.75 Å². The van der Waals surface area contributed by atoms with Gasteiger partial charge in [-0.15, -0.1) is 0 Å². The molecule has 0 aromatic heterocycles. The molecular weight excluding hydrogens is 260 g/mol. The highest BCUT2D eigenvalue weighted by atomic mass is 16.3. The third-order valence-corrected chi connectivity index (χ3v) is 3.39. The molecular formula is C19H26O2. The second kappa shape index (κ2) is 5.88. The van der Waals surface area contributed by atoms with Gasteiger partial charge in [0.05, 0.1) is 0 Å². The molecule has 1 aromatic rings. The van der Waals surface area contributed by atoms with Gasteiger partial charge in [-0.1, -0.05) is 54.2 Å². The molecule has 0 aliphatic rings. The fourth-order valence-electron chi connectivity index (χ4n) is 2.14. The summed E-state index contributed by atoms with van der Waals surface area (Å²) in [5.41, 5.74) is 2.35. The first-order valence-electron chi connectivity index (χ1n) is 7.19. The molecule has 0 atom stereocenters. The number of aromatic hydroxyl groups is 1. The highest BCUT2D eigenvalue weighted by molar-refractivity contribution is 6.01. The molecule has 0 saturated heterocycles. The minimum absolute atomic E-state index is 0.127. The zero-order valence-corrected chi connectivity index (χ0v) is 13.9. The Balaban J connectivity index is 3.51. The second-order valence-corrected chi connectivity index (χ2v) is 7.40. The Kier molecular flexibility index (Phi) is 4.83. The van der Waals surface area contributed by atoms with Crippen molar-refractivity contribution in [3.63, 3.8) is 0 Å². The monoisotopic (exact) mass is 286 g/mol. The lowest BCUT2D eigenvalue weighted by Crippen LogP contribution is -2.17. The van der Waals surface area contributed by atoms with Crippen molar-refractivity contribution in [1.82, 2.24) is 0 Å². The van der Waals surface area contributed by atoms with E-state index in [0.717, 1.165) is 16.7 Å². The maximum Gasteiger partial charge on any atom is 0.178 e. The Bertz CT molecular complexity index is 544. The van der Waals surface area contributed by atoms with E-state index in [0.29, 0.717) is 5.75 Å². The number of ketones is 1. The normalized spacial score (nSPS) is 12.7. The summed E-state index contributed by atoms with van der Waals surface area (Å²) >= 11 is 0. The lowest BCUT2D eigenvalue weighted by molar-refractivity contribution is -0.110. The van der Waals surface area contributed by atoms with Crippen LogP contribution in [0.25, 0.3) is 6.08 Å². The summed E-state index contributed by atoms with van der Waals surface area (Å²) in [6, 6.07) is 3.88. The lowest BCUT2D eigenvalue weighted by Gasteiger charge is -2.27. The van der Waals surface area contributed by atoms with Gasteiger partial charge in [0.2, 0.25) is 0 Å². The quantitative estimate of drug-likeness (QED) is 0.814. The number of phenolic OH excluding ortho intramolecular Hbond substituents is 1. The van der Waals surface area contributed by atoms with E-state index in [2.05, 4.69) is 48.1 Å². The van der Waals surface area contributed by atoms with Crippen LogP contribution in [-0.4, -0.2) is 10.9 Å². The van der Waals surface area contributed by atoms with Gasteiger partial charge < -0.3 is 5.11 Å². The smallest absolute Gasteiger partial charge is 0.178 e. The van der Waals surface area contributed by atoms with Gasteiger partial charge in [0, 0.05) is 11.1 Å². The van der Waals surface area contributed by atoms with Gasteiger partial charge in [-0.3, -0.25) is 4.79 Å². The molecule has 2 heteroatoms. The van der Waals surface area contributed by atoms with E-state index in [4.69, 9.17) is 0 Å². The molecule has 2 nitrogen and oxygen atoms in total. The molecule has 0 spiro atoms. The molecule has 0 radical (unpaired) electrons. The van der Waals surface area contributed by atoms with Gasteiger partial charge in [-0.25, -0.2) is 0 Å². The van der Waals surface area contributed by atoms with Gasteiger partial charge >= 0.3 is 0 Å². The Labute approximate surface area is 128 Å². The molecule has 0 aliphatic carbocycles. The molecule has 0 heterocycles. The van der Waals surface area contributed by atoms with Crippen molar-refractivity contribution < 1.29 is 9.90 Å². The van der Waals surface area contributed by atoms with Crippen LogP contribution in [0.1, 0.15) is 58.2 Å². The van der Waals surface area contributed by atoms with E-state index in [1.54, 1.807) is 6.08 Å². The van der Waals surface area contributed by atoms with Crippen LogP contribution in [0.4, 0.5) is 0 Å². The second-order valence-electron chi connectivity index (χ2n) is 7.40. The van der Waals surface area contributed by atoms with Crippen molar-refractivity contribution >= 4 is 11.9 Å². The summed E-state index contributed by atoms with van der Waals surface area (Å²) in [4.78, 5) is 11.4. The van der Waals surface area contributed by atoms with Crippen LogP contribution in [0.15, 0.2) is 30.9 Å². The molecule has 1 rings (SSSR count). The molecule has 114 valence electrons. The van der Waals surface area contributed by atoms with E-state index < -0.39 is 0 Å². The van der Waals surface area contributed by atoms with Crippen LogP contribution >= 0.6 is 0 Å². The van der Waals surface area contributed by atoms with Crippen LogP contribution < -0.4 is 0 Å². The molecule has 1 aromatic carbocycles. The fourth-order valence-corrected chi connectivity index (χ4v) is 2.14. The molecule has 0 fully saturated rings. The van der Waals surface area contributed by atoms with Crippen molar-refractivity contribution in [2.24, 2.45) is 0 Å². The molecule has 0 saturated carbocycles. The predicted molar refractivity (Wildman–Crippen MR) is 89.7 cm³/mol. The molecule has 21 heavy (non-hydrogen) atoms. The Hall–Kier alpha value is -1.83. The first kappa shape index (κ1) is 17.2. The molecule has 0 unspecified atom stereocenters. The summed E-state index contributed by atoms with van der Waals surface area (Å²) in [5.74, 6) is 0.222. The highest BCUT2D eigenvalue weighted by Crippen LogP contribution is 2.39. The molecule has 0 amide bonds. The van der Waals surface area contributed by atoms with Crippen molar-refractivity contribution in [2.75, 3.05) is 0 Å². The SMILES string of the molecule is C=CC(=O)C=Cc1cc(C(C)(C)C)c(O)c(C(C)(C)C)c1. The third kappa shape index (κ3) is 4.32. The van der Waals surface area contributed by atoms with Crippen LogP contribution in [0.2, 0.25) is 0 Å². The summed E-state index contributed by atoms with van der Waals surface area (Å²) < 4.78 is 0. The predicted octanol–water partition coefficient (Wildman–Crippen LogP) is 4.76. The van der Waals surface area contributed by atoms with Crippen LogP contribution in [-0.2, 0) is 15.6 Å². The lowest BCUT2D eigenvalue weighted by atomic mass is 9.78. The number of rotatable bonds is 3.